The predicted molar refractivity (Wildman–Crippen MR) is 62.5 cm³/mol. The molecule has 0 spiro atoms. The Balaban J connectivity index is 3.23. The summed E-state index contributed by atoms with van der Waals surface area (Å²) in [5.41, 5.74) is 6.88. The summed E-state index contributed by atoms with van der Waals surface area (Å²) in [4.78, 5) is 0. The zero-order valence-corrected chi connectivity index (χ0v) is 10.4. The van der Waals surface area contributed by atoms with Crippen LogP contribution in [0.3, 0.4) is 0 Å². The van der Waals surface area contributed by atoms with E-state index >= 15 is 0 Å². The zero-order valence-electron chi connectivity index (χ0n) is 8.80. The Hall–Kier alpha value is -0.540. The lowest BCUT2D eigenvalue weighted by Crippen LogP contribution is -2.32. The lowest BCUT2D eigenvalue weighted by atomic mass is 9.90. The van der Waals surface area contributed by atoms with E-state index in [0.717, 1.165) is 22.2 Å². The largest absolute Gasteiger partial charge is 0.496 e. The van der Waals surface area contributed by atoms with Crippen LogP contribution in [0.2, 0.25) is 0 Å². The normalized spacial score (nSPS) is 14.9. The summed E-state index contributed by atoms with van der Waals surface area (Å²) in [7, 11) is 1.67. The number of ether oxygens (including phenoxy) is 1. The number of hydrogen-bond donors (Lipinski definition) is 1. The molecule has 0 heterocycles. The van der Waals surface area contributed by atoms with Crippen molar-refractivity contribution in [1.82, 2.24) is 0 Å². The van der Waals surface area contributed by atoms with Crippen LogP contribution in [0.15, 0.2) is 22.7 Å². The molecule has 0 aliphatic heterocycles. The first-order chi connectivity index (χ1) is 6.51. The molecule has 1 rings (SSSR count). The molecule has 1 aromatic carbocycles. The second kappa shape index (κ2) is 4.32. The van der Waals surface area contributed by atoms with Crippen molar-refractivity contribution in [3.05, 3.63) is 28.2 Å². The van der Waals surface area contributed by atoms with Crippen LogP contribution < -0.4 is 10.5 Å². The molecule has 78 valence electrons. The average Bonchev–Trinajstić information content (AvgIpc) is 2.18. The number of nitrogens with two attached hydrogens (primary N) is 1. The molecule has 0 radical (unpaired) electrons. The van der Waals surface area contributed by atoms with E-state index in [9.17, 15) is 0 Å². The molecule has 0 amide bonds. The van der Waals surface area contributed by atoms with E-state index in [0.29, 0.717) is 0 Å². The summed E-state index contributed by atoms with van der Waals surface area (Å²) in [5, 5.41) is 0. The van der Waals surface area contributed by atoms with Crippen molar-refractivity contribution in [2.75, 3.05) is 7.11 Å². The quantitative estimate of drug-likeness (QED) is 0.904. The van der Waals surface area contributed by atoms with Gasteiger partial charge in [0, 0.05) is 15.6 Å². The molecule has 0 aromatic heterocycles. The number of hydrogen-bond acceptors (Lipinski definition) is 2. The van der Waals surface area contributed by atoms with Crippen LogP contribution in [0.25, 0.3) is 0 Å². The number of benzene rings is 1. The fourth-order valence-electron chi connectivity index (χ4n) is 1.32. The minimum absolute atomic E-state index is 0.338. The summed E-state index contributed by atoms with van der Waals surface area (Å²) in [6.07, 6.45) is 0.875. The maximum absolute atomic E-state index is 6.18. The Morgan fingerprint density at radius 1 is 1.50 bits per heavy atom. The molecule has 0 bridgehead atoms. The van der Waals surface area contributed by atoms with Gasteiger partial charge in [0.05, 0.1) is 7.11 Å². The second-order valence-corrected chi connectivity index (χ2v) is 4.53. The molecule has 0 aliphatic rings. The highest BCUT2D eigenvalue weighted by molar-refractivity contribution is 9.10. The number of rotatable bonds is 3. The summed E-state index contributed by atoms with van der Waals surface area (Å²) in [6, 6.07) is 5.90. The lowest BCUT2D eigenvalue weighted by molar-refractivity contribution is 0.383. The van der Waals surface area contributed by atoms with Gasteiger partial charge >= 0.3 is 0 Å². The van der Waals surface area contributed by atoms with Crippen LogP contribution >= 0.6 is 15.9 Å². The van der Waals surface area contributed by atoms with Gasteiger partial charge in [0.25, 0.3) is 0 Å². The molecule has 14 heavy (non-hydrogen) atoms. The third kappa shape index (κ3) is 2.28. The van der Waals surface area contributed by atoms with Gasteiger partial charge in [-0.05, 0) is 31.5 Å². The third-order valence-corrected chi connectivity index (χ3v) is 3.00. The highest BCUT2D eigenvalue weighted by atomic mass is 79.9. The van der Waals surface area contributed by atoms with Crippen LogP contribution in [-0.4, -0.2) is 7.11 Å². The van der Waals surface area contributed by atoms with Crippen LogP contribution in [0.5, 0.6) is 5.75 Å². The summed E-state index contributed by atoms with van der Waals surface area (Å²) < 4.78 is 6.31. The molecule has 3 heteroatoms. The molecular formula is C11H16BrNO. The van der Waals surface area contributed by atoms with Crippen LogP contribution in [-0.2, 0) is 5.54 Å². The van der Waals surface area contributed by atoms with E-state index in [1.165, 1.54) is 0 Å². The fraction of sp³-hybridized carbons (Fsp3) is 0.455. The Morgan fingerprint density at radius 3 is 2.64 bits per heavy atom. The monoisotopic (exact) mass is 257 g/mol. The van der Waals surface area contributed by atoms with Gasteiger partial charge in [-0.3, -0.25) is 0 Å². The first-order valence-electron chi connectivity index (χ1n) is 4.64. The van der Waals surface area contributed by atoms with E-state index in [2.05, 4.69) is 22.9 Å². The molecule has 0 aliphatic carbocycles. The summed E-state index contributed by atoms with van der Waals surface area (Å²) >= 11 is 3.44. The standard InChI is InChI=1S/C11H16BrNO/c1-4-11(2,13)9-7-8(12)5-6-10(9)14-3/h5-7H,4,13H2,1-3H3/t11-/m1/s1. The topological polar surface area (TPSA) is 35.2 Å². The van der Waals surface area contributed by atoms with Gasteiger partial charge in [0.1, 0.15) is 5.75 Å². The average molecular weight is 258 g/mol. The number of methoxy groups -OCH3 is 1. The first kappa shape index (κ1) is 11.5. The molecule has 0 fully saturated rings. The van der Waals surface area contributed by atoms with Crippen molar-refractivity contribution in [3.8, 4) is 5.75 Å². The molecule has 0 saturated carbocycles. The van der Waals surface area contributed by atoms with Crippen LogP contribution in [0, 0.1) is 0 Å². The van der Waals surface area contributed by atoms with E-state index < -0.39 is 0 Å². The van der Waals surface area contributed by atoms with Gasteiger partial charge in [-0.2, -0.15) is 0 Å². The molecule has 1 aromatic rings. The zero-order chi connectivity index (χ0) is 10.8. The maximum atomic E-state index is 6.18. The maximum Gasteiger partial charge on any atom is 0.123 e. The predicted octanol–water partition coefficient (Wildman–Crippen LogP) is 3.04. The van der Waals surface area contributed by atoms with Gasteiger partial charge in [-0.25, -0.2) is 0 Å². The molecule has 0 unspecified atom stereocenters. The smallest absolute Gasteiger partial charge is 0.123 e. The van der Waals surface area contributed by atoms with Gasteiger partial charge in [0.15, 0.2) is 0 Å². The summed E-state index contributed by atoms with van der Waals surface area (Å²) in [6.45, 7) is 4.08. The van der Waals surface area contributed by atoms with Crippen molar-refractivity contribution >= 4 is 15.9 Å². The third-order valence-electron chi connectivity index (χ3n) is 2.51. The van der Waals surface area contributed by atoms with Gasteiger partial charge < -0.3 is 10.5 Å². The minimum atomic E-state index is -0.338. The van der Waals surface area contributed by atoms with E-state index in [1.807, 2.05) is 25.1 Å². The Morgan fingerprint density at radius 2 is 2.14 bits per heavy atom. The van der Waals surface area contributed by atoms with Crippen molar-refractivity contribution < 1.29 is 4.74 Å². The molecule has 1 atom stereocenters. The molecule has 2 nitrogen and oxygen atoms in total. The SMILES string of the molecule is CC[C@@](C)(N)c1cc(Br)ccc1OC. The molecule has 2 N–H and O–H groups in total. The van der Waals surface area contributed by atoms with Crippen LogP contribution in [0.4, 0.5) is 0 Å². The Kier molecular flexibility index (Phi) is 3.56. The molecular weight excluding hydrogens is 242 g/mol. The van der Waals surface area contributed by atoms with Crippen molar-refractivity contribution in [1.29, 1.82) is 0 Å². The van der Waals surface area contributed by atoms with Crippen molar-refractivity contribution in [2.45, 2.75) is 25.8 Å². The highest BCUT2D eigenvalue weighted by Gasteiger charge is 2.22. The molecule has 0 saturated heterocycles. The Bertz CT molecular complexity index is 323. The number of halogens is 1. The van der Waals surface area contributed by atoms with E-state index in [-0.39, 0.29) is 5.54 Å². The van der Waals surface area contributed by atoms with Gasteiger partial charge in [-0.15, -0.1) is 0 Å². The second-order valence-electron chi connectivity index (χ2n) is 3.62. The highest BCUT2D eigenvalue weighted by Crippen LogP contribution is 2.32. The fourth-order valence-corrected chi connectivity index (χ4v) is 1.68. The van der Waals surface area contributed by atoms with Gasteiger partial charge in [0.2, 0.25) is 0 Å². The van der Waals surface area contributed by atoms with Crippen molar-refractivity contribution in [3.63, 3.8) is 0 Å². The van der Waals surface area contributed by atoms with Crippen LogP contribution in [0.1, 0.15) is 25.8 Å². The van der Waals surface area contributed by atoms with Crippen molar-refractivity contribution in [2.24, 2.45) is 5.73 Å². The van der Waals surface area contributed by atoms with Gasteiger partial charge in [-0.1, -0.05) is 22.9 Å². The lowest BCUT2D eigenvalue weighted by Gasteiger charge is -2.25. The minimum Gasteiger partial charge on any atom is -0.496 e. The van der Waals surface area contributed by atoms with E-state index in [4.69, 9.17) is 10.5 Å². The first-order valence-corrected chi connectivity index (χ1v) is 5.43. The van der Waals surface area contributed by atoms with E-state index in [1.54, 1.807) is 7.11 Å². The Labute approximate surface area is 93.6 Å². The summed E-state index contributed by atoms with van der Waals surface area (Å²) in [5.74, 6) is 0.847.